The van der Waals surface area contributed by atoms with Crippen molar-refractivity contribution in [2.24, 2.45) is 0 Å². The first-order valence-electron chi connectivity index (χ1n) is 9.92. The summed E-state index contributed by atoms with van der Waals surface area (Å²) in [4.78, 5) is 15.5. The van der Waals surface area contributed by atoms with Gasteiger partial charge in [0.1, 0.15) is 17.0 Å². The maximum atomic E-state index is 13.0. The largest absolute Gasteiger partial charge is 0.360 e. The number of nitrogens with one attached hydrogen (secondary N) is 1. The summed E-state index contributed by atoms with van der Waals surface area (Å²) in [5.74, 6) is 0.261. The van der Waals surface area contributed by atoms with Crippen LogP contribution >= 0.6 is 11.6 Å². The summed E-state index contributed by atoms with van der Waals surface area (Å²) >= 11 is 6.30. The molecular formula is C23H24ClN3O2. The van der Waals surface area contributed by atoms with Gasteiger partial charge in [-0.05, 0) is 50.0 Å². The number of halogens is 1. The monoisotopic (exact) mass is 409 g/mol. The third-order valence-electron chi connectivity index (χ3n) is 5.37. The number of carbonyl (C=O) groups is 1. The minimum Gasteiger partial charge on any atom is -0.360 e. The number of rotatable bonds is 6. The Morgan fingerprint density at radius 2 is 1.79 bits per heavy atom. The van der Waals surface area contributed by atoms with E-state index in [1.165, 1.54) is 18.4 Å². The predicted octanol–water partition coefficient (Wildman–Crippen LogP) is 4.83. The number of aryl methyl sites for hydroxylation is 1. The zero-order valence-electron chi connectivity index (χ0n) is 16.5. The zero-order chi connectivity index (χ0) is 20.2. The van der Waals surface area contributed by atoms with Crippen molar-refractivity contribution in [3.63, 3.8) is 0 Å². The van der Waals surface area contributed by atoms with E-state index >= 15 is 0 Å². The lowest BCUT2D eigenvalue weighted by Gasteiger charge is -2.17. The zero-order valence-corrected chi connectivity index (χ0v) is 17.2. The smallest absolute Gasteiger partial charge is 0.257 e. The number of nitrogens with zero attached hydrogens (tertiary/aromatic N) is 2. The van der Waals surface area contributed by atoms with Gasteiger partial charge in [0.05, 0.1) is 5.02 Å². The molecule has 6 heteroatoms. The molecule has 1 N–H and O–H groups in total. The SMILES string of the molecule is Cc1onc(-c2ccccc2Cl)c1C(=O)NCc1ccccc1CN1CCCC1. The molecule has 5 nitrogen and oxygen atoms in total. The van der Waals surface area contributed by atoms with E-state index in [-0.39, 0.29) is 5.91 Å². The number of benzene rings is 2. The van der Waals surface area contributed by atoms with E-state index in [1.54, 1.807) is 13.0 Å². The van der Waals surface area contributed by atoms with Crippen molar-refractivity contribution in [3.05, 3.63) is 76.0 Å². The molecule has 0 aliphatic carbocycles. The van der Waals surface area contributed by atoms with Gasteiger partial charge in [-0.2, -0.15) is 0 Å². The second kappa shape index (κ2) is 8.80. The fourth-order valence-electron chi connectivity index (χ4n) is 3.81. The fraction of sp³-hybridized carbons (Fsp3) is 0.304. The van der Waals surface area contributed by atoms with E-state index in [9.17, 15) is 4.79 Å². The summed E-state index contributed by atoms with van der Waals surface area (Å²) in [5.41, 5.74) is 3.96. The molecule has 4 rings (SSSR count). The molecular weight excluding hydrogens is 386 g/mol. The van der Waals surface area contributed by atoms with Gasteiger partial charge in [-0.1, -0.05) is 59.2 Å². The molecule has 1 aliphatic heterocycles. The van der Waals surface area contributed by atoms with Gasteiger partial charge in [0.2, 0.25) is 0 Å². The Labute approximate surface area is 175 Å². The Kier molecular flexibility index (Phi) is 5.97. The van der Waals surface area contributed by atoms with Crippen LogP contribution in [0.25, 0.3) is 11.3 Å². The van der Waals surface area contributed by atoms with E-state index in [0.717, 1.165) is 25.2 Å². The van der Waals surface area contributed by atoms with Crippen molar-refractivity contribution in [3.8, 4) is 11.3 Å². The number of carbonyl (C=O) groups excluding carboxylic acids is 1. The molecule has 1 fully saturated rings. The summed E-state index contributed by atoms with van der Waals surface area (Å²) < 4.78 is 5.31. The van der Waals surface area contributed by atoms with Crippen molar-refractivity contribution >= 4 is 17.5 Å². The summed E-state index contributed by atoms with van der Waals surface area (Å²) in [6.07, 6.45) is 2.52. The van der Waals surface area contributed by atoms with Crippen LogP contribution in [0.1, 0.15) is 40.1 Å². The number of likely N-dealkylation sites (tertiary alicyclic amines) is 1. The van der Waals surface area contributed by atoms with Crippen LogP contribution in [0, 0.1) is 6.92 Å². The van der Waals surface area contributed by atoms with Crippen LogP contribution in [0.5, 0.6) is 0 Å². The molecule has 0 bridgehead atoms. The highest BCUT2D eigenvalue weighted by Gasteiger charge is 2.23. The van der Waals surface area contributed by atoms with Crippen LogP contribution < -0.4 is 5.32 Å². The van der Waals surface area contributed by atoms with Crippen molar-refractivity contribution in [2.75, 3.05) is 13.1 Å². The molecule has 1 aliphatic rings. The lowest BCUT2D eigenvalue weighted by atomic mass is 10.0. The van der Waals surface area contributed by atoms with Gasteiger partial charge in [0, 0.05) is 18.7 Å². The summed E-state index contributed by atoms with van der Waals surface area (Å²) in [7, 11) is 0. The maximum absolute atomic E-state index is 13.0. The van der Waals surface area contributed by atoms with E-state index in [0.29, 0.717) is 34.1 Å². The number of hydrogen-bond acceptors (Lipinski definition) is 4. The summed E-state index contributed by atoms with van der Waals surface area (Å²) in [6, 6.07) is 15.6. The van der Waals surface area contributed by atoms with Crippen LogP contribution in [0.3, 0.4) is 0 Å². The van der Waals surface area contributed by atoms with Gasteiger partial charge >= 0.3 is 0 Å². The first kappa shape index (κ1) is 19.7. The van der Waals surface area contributed by atoms with Gasteiger partial charge < -0.3 is 9.84 Å². The van der Waals surface area contributed by atoms with Gasteiger partial charge in [0.25, 0.3) is 5.91 Å². The topological polar surface area (TPSA) is 58.4 Å². The third kappa shape index (κ3) is 4.36. The van der Waals surface area contributed by atoms with Gasteiger partial charge in [-0.15, -0.1) is 0 Å². The van der Waals surface area contributed by atoms with E-state index in [4.69, 9.17) is 16.1 Å². The molecule has 3 aromatic rings. The Balaban J connectivity index is 1.52. The van der Waals surface area contributed by atoms with Crippen molar-refractivity contribution in [1.29, 1.82) is 0 Å². The second-order valence-electron chi connectivity index (χ2n) is 7.38. The molecule has 0 saturated carbocycles. The molecule has 150 valence electrons. The highest BCUT2D eigenvalue weighted by atomic mass is 35.5. The minimum atomic E-state index is -0.213. The molecule has 2 heterocycles. The highest BCUT2D eigenvalue weighted by molar-refractivity contribution is 6.33. The Morgan fingerprint density at radius 3 is 2.55 bits per heavy atom. The standard InChI is InChI=1S/C23H24ClN3O2/c1-16-21(22(26-29-16)19-10-4-5-11-20(19)24)23(28)25-14-17-8-2-3-9-18(17)15-27-12-6-7-13-27/h2-5,8-11H,6-7,12-15H2,1H3,(H,25,28). The molecule has 1 aromatic heterocycles. The molecule has 1 saturated heterocycles. The average molecular weight is 410 g/mol. The molecule has 29 heavy (non-hydrogen) atoms. The molecule has 0 unspecified atom stereocenters. The van der Waals surface area contributed by atoms with Crippen molar-refractivity contribution in [2.45, 2.75) is 32.9 Å². The first-order valence-corrected chi connectivity index (χ1v) is 10.3. The summed E-state index contributed by atoms with van der Waals surface area (Å²) in [5, 5.41) is 7.65. The van der Waals surface area contributed by atoms with Gasteiger partial charge in [-0.3, -0.25) is 9.69 Å². The lowest BCUT2D eigenvalue weighted by Crippen LogP contribution is -2.25. The minimum absolute atomic E-state index is 0.213. The average Bonchev–Trinajstić information content (AvgIpc) is 3.37. The predicted molar refractivity (Wildman–Crippen MR) is 114 cm³/mol. The quantitative estimate of drug-likeness (QED) is 0.633. The second-order valence-corrected chi connectivity index (χ2v) is 7.78. The number of amides is 1. The Bertz CT molecular complexity index is 1010. The molecule has 2 aromatic carbocycles. The Hall–Kier alpha value is -2.63. The molecule has 0 spiro atoms. The normalized spacial score (nSPS) is 14.3. The van der Waals surface area contributed by atoms with E-state index < -0.39 is 0 Å². The Morgan fingerprint density at radius 1 is 1.10 bits per heavy atom. The summed E-state index contributed by atoms with van der Waals surface area (Å²) in [6.45, 7) is 5.39. The van der Waals surface area contributed by atoms with Gasteiger partial charge in [0.15, 0.2) is 0 Å². The van der Waals surface area contributed by atoms with Crippen LogP contribution in [0.4, 0.5) is 0 Å². The lowest BCUT2D eigenvalue weighted by molar-refractivity contribution is 0.0950. The number of hydrogen-bond donors (Lipinski definition) is 1. The van der Waals surface area contributed by atoms with Crippen LogP contribution in [-0.2, 0) is 13.1 Å². The molecule has 0 atom stereocenters. The first-order chi connectivity index (χ1) is 14.1. The van der Waals surface area contributed by atoms with Crippen molar-refractivity contribution in [1.82, 2.24) is 15.4 Å². The van der Waals surface area contributed by atoms with Crippen LogP contribution in [0.2, 0.25) is 5.02 Å². The van der Waals surface area contributed by atoms with E-state index in [1.807, 2.05) is 24.3 Å². The molecule has 1 amide bonds. The van der Waals surface area contributed by atoms with Crippen molar-refractivity contribution < 1.29 is 9.32 Å². The van der Waals surface area contributed by atoms with Crippen LogP contribution in [-0.4, -0.2) is 29.1 Å². The third-order valence-corrected chi connectivity index (χ3v) is 5.70. The van der Waals surface area contributed by atoms with Crippen LogP contribution in [0.15, 0.2) is 53.1 Å². The molecule has 0 radical (unpaired) electrons. The van der Waals surface area contributed by atoms with Gasteiger partial charge in [-0.25, -0.2) is 0 Å². The highest BCUT2D eigenvalue weighted by Crippen LogP contribution is 2.31. The van der Waals surface area contributed by atoms with E-state index in [2.05, 4.69) is 33.6 Å². The number of aromatic nitrogens is 1. The maximum Gasteiger partial charge on any atom is 0.257 e. The fourth-order valence-corrected chi connectivity index (χ4v) is 4.03.